The molecule has 124 valence electrons. The molecule has 5 nitrogen and oxygen atoms in total. The van der Waals surface area contributed by atoms with Crippen molar-refractivity contribution < 1.29 is 4.79 Å². The van der Waals surface area contributed by atoms with Gasteiger partial charge in [0.25, 0.3) is 5.91 Å². The van der Waals surface area contributed by atoms with Crippen LogP contribution >= 0.6 is 28.3 Å². The first kappa shape index (κ1) is 18.0. The number of halogens is 2. The van der Waals surface area contributed by atoms with Crippen LogP contribution in [0.2, 0.25) is 0 Å². The molecule has 0 atom stereocenters. The van der Waals surface area contributed by atoms with E-state index in [1.165, 1.54) is 0 Å². The van der Waals surface area contributed by atoms with Gasteiger partial charge in [-0.2, -0.15) is 5.10 Å². The topological polar surface area (TPSA) is 59.0 Å². The largest absolute Gasteiger partial charge is 0.324 e. The number of anilines is 1. The summed E-state index contributed by atoms with van der Waals surface area (Å²) in [6.07, 6.45) is 5.05. The molecule has 3 rings (SSSR count). The second kappa shape index (κ2) is 7.47. The fourth-order valence-electron chi connectivity index (χ4n) is 2.84. The van der Waals surface area contributed by atoms with Crippen LogP contribution in [-0.2, 0) is 10.3 Å². The third kappa shape index (κ3) is 3.59. The van der Waals surface area contributed by atoms with Crippen LogP contribution < -0.4 is 10.6 Å². The molecule has 0 radical (unpaired) electrons. The van der Waals surface area contributed by atoms with E-state index in [0.29, 0.717) is 0 Å². The van der Waals surface area contributed by atoms with Crippen LogP contribution in [0.4, 0.5) is 5.69 Å². The van der Waals surface area contributed by atoms with Gasteiger partial charge in [0.15, 0.2) is 0 Å². The molecule has 0 saturated carbocycles. The molecule has 1 fully saturated rings. The lowest BCUT2D eigenvalue weighted by molar-refractivity contribution is -0.126. The van der Waals surface area contributed by atoms with Gasteiger partial charge in [-0.3, -0.25) is 9.48 Å². The number of amides is 1. The number of carbonyl (C=O) groups is 1. The van der Waals surface area contributed by atoms with E-state index in [1.807, 2.05) is 37.4 Å². The highest BCUT2D eigenvalue weighted by molar-refractivity contribution is 9.10. The Morgan fingerprint density at radius 2 is 2.13 bits per heavy atom. The highest BCUT2D eigenvalue weighted by Crippen LogP contribution is 2.29. The number of carbonyl (C=O) groups excluding carboxylic acids is 1. The number of hydrogen-bond donors (Lipinski definition) is 2. The fraction of sp³-hybridized carbons (Fsp3) is 0.375. The first-order valence-electron chi connectivity index (χ1n) is 7.40. The van der Waals surface area contributed by atoms with E-state index in [4.69, 9.17) is 0 Å². The summed E-state index contributed by atoms with van der Waals surface area (Å²) >= 11 is 3.51. The molecule has 7 heteroatoms. The van der Waals surface area contributed by atoms with E-state index in [-0.39, 0.29) is 18.3 Å². The maximum Gasteiger partial charge on any atom is 0.252 e. The number of aromatic nitrogens is 2. The van der Waals surface area contributed by atoms with E-state index >= 15 is 0 Å². The van der Waals surface area contributed by atoms with Crippen molar-refractivity contribution in [3.8, 4) is 0 Å². The molecule has 2 aromatic rings. The monoisotopic (exact) mass is 398 g/mol. The minimum Gasteiger partial charge on any atom is -0.324 e. The Kier molecular flexibility index (Phi) is 5.84. The molecule has 0 bridgehead atoms. The maximum atomic E-state index is 13.0. The first-order chi connectivity index (χ1) is 10.6. The summed E-state index contributed by atoms with van der Waals surface area (Å²) < 4.78 is 2.79. The summed E-state index contributed by atoms with van der Waals surface area (Å²) in [5.74, 6) is -0.00606. The van der Waals surface area contributed by atoms with Crippen LogP contribution in [0.1, 0.15) is 18.4 Å². The Labute approximate surface area is 150 Å². The number of piperidine rings is 1. The van der Waals surface area contributed by atoms with Gasteiger partial charge in [-0.05, 0) is 56.6 Å². The molecule has 2 N–H and O–H groups in total. The molecule has 23 heavy (non-hydrogen) atoms. The van der Waals surface area contributed by atoms with Gasteiger partial charge in [0.1, 0.15) is 5.54 Å². The van der Waals surface area contributed by atoms with Crippen molar-refractivity contribution in [3.05, 3.63) is 46.7 Å². The number of rotatable bonds is 3. The molecule has 1 aliphatic rings. The minimum atomic E-state index is -0.619. The molecule has 0 aliphatic carbocycles. The fourth-order valence-corrected chi connectivity index (χ4v) is 3.22. The van der Waals surface area contributed by atoms with Crippen molar-refractivity contribution in [1.29, 1.82) is 0 Å². The van der Waals surface area contributed by atoms with Gasteiger partial charge in [-0.1, -0.05) is 22.0 Å². The van der Waals surface area contributed by atoms with E-state index in [0.717, 1.165) is 41.7 Å². The molecule has 1 aromatic heterocycles. The number of benzene rings is 1. The predicted molar refractivity (Wildman–Crippen MR) is 97.1 cm³/mol. The van der Waals surface area contributed by atoms with Crippen molar-refractivity contribution in [2.45, 2.75) is 25.3 Å². The molecule has 1 saturated heterocycles. The zero-order chi connectivity index (χ0) is 15.6. The van der Waals surface area contributed by atoms with Crippen LogP contribution in [0, 0.1) is 6.92 Å². The van der Waals surface area contributed by atoms with Crippen LogP contribution in [0.3, 0.4) is 0 Å². The molecule has 1 aromatic carbocycles. The smallest absolute Gasteiger partial charge is 0.252 e. The summed E-state index contributed by atoms with van der Waals surface area (Å²) in [6.45, 7) is 3.64. The first-order valence-corrected chi connectivity index (χ1v) is 8.20. The number of hydrogen-bond acceptors (Lipinski definition) is 3. The Morgan fingerprint density at radius 3 is 2.74 bits per heavy atom. The third-order valence-electron chi connectivity index (χ3n) is 4.23. The molecule has 0 spiro atoms. The third-order valence-corrected chi connectivity index (χ3v) is 5.08. The zero-order valence-electron chi connectivity index (χ0n) is 12.9. The Morgan fingerprint density at radius 1 is 1.39 bits per heavy atom. The van der Waals surface area contributed by atoms with Crippen LogP contribution in [0.5, 0.6) is 0 Å². The standard InChI is InChI=1S/C16H19BrN4O.ClH/c1-12-3-4-13(11-14(12)17)20-15(22)16(5-8-18-9-6-16)21-10-2-7-19-21;/h2-4,7,10-11,18H,5-6,8-9H2,1H3,(H,20,22);1H. The van der Waals surface area contributed by atoms with Crippen LogP contribution in [0.25, 0.3) is 0 Å². The van der Waals surface area contributed by atoms with Crippen LogP contribution in [0.15, 0.2) is 41.1 Å². The average molecular weight is 400 g/mol. The zero-order valence-corrected chi connectivity index (χ0v) is 15.3. The van der Waals surface area contributed by atoms with Gasteiger partial charge in [-0.15, -0.1) is 12.4 Å². The second-order valence-electron chi connectivity index (χ2n) is 5.65. The van der Waals surface area contributed by atoms with Crippen molar-refractivity contribution in [1.82, 2.24) is 15.1 Å². The quantitative estimate of drug-likeness (QED) is 0.834. The Hall–Kier alpha value is -1.37. The van der Waals surface area contributed by atoms with E-state index in [9.17, 15) is 4.79 Å². The molecule has 2 heterocycles. The van der Waals surface area contributed by atoms with E-state index < -0.39 is 5.54 Å². The molecular weight excluding hydrogens is 380 g/mol. The summed E-state index contributed by atoms with van der Waals surface area (Å²) in [6, 6.07) is 7.71. The summed E-state index contributed by atoms with van der Waals surface area (Å²) in [7, 11) is 0. The lowest BCUT2D eigenvalue weighted by Crippen LogP contribution is -2.52. The van der Waals surface area contributed by atoms with Crippen LogP contribution in [-0.4, -0.2) is 28.8 Å². The molecule has 1 amide bonds. The maximum absolute atomic E-state index is 13.0. The normalized spacial score (nSPS) is 16.4. The van der Waals surface area contributed by atoms with Crippen molar-refractivity contribution >= 4 is 39.9 Å². The SMILES string of the molecule is Cc1ccc(NC(=O)C2(n3cccn3)CCNCC2)cc1Br.Cl. The summed E-state index contributed by atoms with van der Waals surface area (Å²) in [4.78, 5) is 13.0. The number of nitrogens with zero attached hydrogens (tertiary/aromatic N) is 2. The molecule has 0 unspecified atom stereocenters. The van der Waals surface area contributed by atoms with E-state index in [2.05, 4.69) is 31.7 Å². The van der Waals surface area contributed by atoms with Gasteiger partial charge in [0.05, 0.1) is 0 Å². The molecule has 1 aliphatic heterocycles. The Bertz CT molecular complexity index is 669. The van der Waals surface area contributed by atoms with Crippen molar-refractivity contribution in [3.63, 3.8) is 0 Å². The van der Waals surface area contributed by atoms with Gasteiger partial charge < -0.3 is 10.6 Å². The highest BCUT2D eigenvalue weighted by Gasteiger charge is 2.42. The minimum absolute atomic E-state index is 0. The lowest BCUT2D eigenvalue weighted by atomic mass is 9.87. The van der Waals surface area contributed by atoms with Gasteiger partial charge >= 0.3 is 0 Å². The number of nitrogens with one attached hydrogen (secondary N) is 2. The van der Waals surface area contributed by atoms with E-state index in [1.54, 1.807) is 10.9 Å². The van der Waals surface area contributed by atoms with Crippen molar-refractivity contribution in [2.75, 3.05) is 18.4 Å². The van der Waals surface area contributed by atoms with Crippen molar-refractivity contribution in [2.24, 2.45) is 0 Å². The van der Waals surface area contributed by atoms with Gasteiger partial charge in [0, 0.05) is 22.6 Å². The van der Waals surface area contributed by atoms with Gasteiger partial charge in [0.2, 0.25) is 0 Å². The summed E-state index contributed by atoms with van der Waals surface area (Å²) in [5.41, 5.74) is 1.32. The average Bonchev–Trinajstić information content (AvgIpc) is 3.06. The summed E-state index contributed by atoms with van der Waals surface area (Å²) in [5, 5.41) is 10.7. The second-order valence-corrected chi connectivity index (χ2v) is 6.50. The lowest BCUT2D eigenvalue weighted by Gasteiger charge is -2.36. The molecular formula is C16H20BrClN4O. The predicted octanol–water partition coefficient (Wildman–Crippen LogP) is 3.09. The van der Waals surface area contributed by atoms with Gasteiger partial charge in [-0.25, -0.2) is 0 Å². The Balaban J connectivity index is 0.00000192. The number of aryl methyl sites for hydroxylation is 1. The highest BCUT2D eigenvalue weighted by atomic mass is 79.9.